The smallest absolute Gasteiger partial charge is 0.287 e. The van der Waals surface area contributed by atoms with E-state index in [1.807, 2.05) is 30.3 Å². The fourth-order valence-electron chi connectivity index (χ4n) is 2.60. The minimum absolute atomic E-state index is 0.0856. The van der Waals surface area contributed by atoms with E-state index in [1.165, 1.54) is 36.4 Å². The summed E-state index contributed by atoms with van der Waals surface area (Å²) < 4.78 is 12.9. The van der Waals surface area contributed by atoms with Crippen molar-refractivity contribution in [2.75, 3.05) is 0 Å². The van der Waals surface area contributed by atoms with E-state index < -0.39 is 11.8 Å². The predicted octanol–water partition coefficient (Wildman–Crippen LogP) is 2.87. The molecule has 1 aromatic heterocycles. The van der Waals surface area contributed by atoms with Crippen molar-refractivity contribution in [2.45, 2.75) is 6.92 Å². The Morgan fingerprint density at radius 1 is 1.07 bits per heavy atom. The monoisotopic (exact) mass is 423 g/mol. The number of nitrogens with zero attached hydrogens (tertiary/aromatic N) is 1. The lowest BCUT2D eigenvalue weighted by Gasteiger charge is -2.09. The highest BCUT2D eigenvalue weighted by Crippen LogP contribution is 2.22. The van der Waals surface area contributed by atoms with Crippen LogP contribution in [-0.4, -0.2) is 27.1 Å². The molecule has 0 aliphatic rings. The zero-order valence-corrected chi connectivity index (χ0v) is 16.7. The first kappa shape index (κ1) is 20.9. The fourth-order valence-corrected chi connectivity index (χ4v) is 2.75. The van der Waals surface area contributed by atoms with Crippen molar-refractivity contribution in [1.82, 2.24) is 26.4 Å². The molecule has 0 spiro atoms. The molecule has 4 N–H and O–H groups in total. The SMILES string of the molecule is Cc1c(-c2ccccc2)n[nH]c1C(=O)NNC(=S)NC(=O)/C=C/c1ccc(F)cc1. The second kappa shape index (κ2) is 9.57. The zero-order chi connectivity index (χ0) is 21.5. The van der Waals surface area contributed by atoms with Crippen LogP contribution in [0.1, 0.15) is 21.6 Å². The zero-order valence-electron chi connectivity index (χ0n) is 15.9. The lowest BCUT2D eigenvalue weighted by Crippen LogP contribution is -2.48. The number of carbonyl (C=O) groups excluding carboxylic acids is 2. The van der Waals surface area contributed by atoms with E-state index in [4.69, 9.17) is 12.2 Å². The third-order valence-electron chi connectivity index (χ3n) is 4.11. The molecule has 1 heterocycles. The maximum Gasteiger partial charge on any atom is 0.287 e. The summed E-state index contributed by atoms with van der Waals surface area (Å²) in [6.45, 7) is 1.78. The molecule has 3 aromatic rings. The molecule has 3 rings (SSSR count). The lowest BCUT2D eigenvalue weighted by molar-refractivity contribution is -0.115. The standard InChI is InChI=1S/C21H18FN5O2S/c1-13-18(15-5-3-2-4-6-15)24-25-19(13)20(29)26-27-21(30)23-17(28)12-9-14-7-10-16(22)11-8-14/h2-12H,1H3,(H,24,25)(H,26,29)(H2,23,27,28,30)/b12-9+. The number of amides is 2. The molecule has 30 heavy (non-hydrogen) atoms. The van der Waals surface area contributed by atoms with Crippen molar-refractivity contribution < 1.29 is 14.0 Å². The van der Waals surface area contributed by atoms with Crippen molar-refractivity contribution in [3.63, 3.8) is 0 Å². The first-order valence-corrected chi connectivity index (χ1v) is 9.30. The Balaban J connectivity index is 1.52. The molecule has 0 bridgehead atoms. The maximum atomic E-state index is 12.9. The van der Waals surface area contributed by atoms with Crippen LogP contribution in [0.4, 0.5) is 4.39 Å². The minimum atomic E-state index is -0.504. The molecule has 0 fully saturated rings. The van der Waals surface area contributed by atoms with Gasteiger partial charge < -0.3 is 0 Å². The van der Waals surface area contributed by atoms with E-state index in [1.54, 1.807) is 6.92 Å². The molecule has 0 saturated carbocycles. The van der Waals surface area contributed by atoms with E-state index >= 15 is 0 Å². The van der Waals surface area contributed by atoms with E-state index in [2.05, 4.69) is 26.4 Å². The van der Waals surface area contributed by atoms with Crippen molar-refractivity contribution in [1.29, 1.82) is 0 Å². The number of hydrazine groups is 1. The normalized spacial score (nSPS) is 10.6. The van der Waals surface area contributed by atoms with Crippen LogP contribution in [0.2, 0.25) is 0 Å². The lowest BCUT2D eigenvalue weighted by atomic mass is 10.1. The minimum Gasteiger partial charge on any atom is -0.298 e. The summed E-state index contributed by atoms with van der Waals surface area (Å²) in [7, 11) is 0. The quantitative estimate of drug-likeness (QED) is 0.294. The van der Waals surface area contributed by atoms with Crippen molar-refractivity contribution in [2.24, 2.45) is 0 Å². The van der Waals surface area contributed by atoms with Crippen LogP contribution in [-0.2, 0) is 4.79 Å². The van der Waals surface area contributed by atoms with Gasteiger partial charge in [0, 0.05) is 17.2 Å². The molecule has 0 unspecified atom stereocenters. The Kier molecular flexibility index (Phi) is 6.66. The van der Waals surface area contributed by atoms with Gasteiger partial charge in [0.2, 0.25) is 5.91 Å². The summed E-state index contributed by atoms with van der Waals surface area (Å²) in [6.07, 6.45) is 2.75. The number of thiocarbonyl (C=S) groups is 1. The van der Waals surface area contributed by atoms with Gasteiger partial charge in [-0.25, -0.2) is 4.39 Å². The number of hydrogen-bond donors (Lipinski definition) is 4. The highest BCUT2D eigenvalue weighted by molar-refractivity contribution is 7.80. The maximum absolute atomic E-state index is 12.9. The van der Waals surface area contributed by atoms with Gasteiger partial charge in [0.25, 0.3) is 5.91 Å². The molecule has 152 valence electrons. The molecule has 2 amide bonds. The van der Waals surface area contributed by atoms with Crippen molar-refractivity contribution >= 4 is 35.2 Å². The average molecular weight is 423 g/mol. The Labute approximate surface area is 177 Å². The largest absolute Gasteiger partial charge is 0.298 e. The Bertz CT molecular complexity index is 1090. The molecular formula is C21H18FN5O2S. The number of benzene rings is 2. The van der Waals surface area contributed by atoms with Crippen LogP contribution in [0.3, 0.4) is 0 Å². The number of nitrogens with one attached hydrogen (secondary N) is 4. The molecule has 0 radical (unpaired) electrons. The van der Waals surface area contributed by atoms with Gasteiger partial charge in [0.15, 0.2) is 5.11 Å². The number of H-pyrrole nitrogens is 1. The topological polar surface area (TPSA) is 98.9 Å². The van der Waals surface area contributed by atoms with Crippen LogP contribution < -0.4 is 16.2 Å². The van der Waals surface area contributed by atoms with Gasteiger partial charge in [0.1, 0.15) is 11.5 Å². The summed E-state index contributed by atoms with van der Waals surface area (Å²) in [6, 6.07) is 15.1. The number of carbonyl (C=O) groups is 2. The first-order valence-electron chi connectivity index (χ1n) is 8.89. The third-order valence-corrected chi connectivity index (χ3v) is 4.31. The summed E-state index contributed by atoms with van der Waals surface area (Å²) in [5.41, 5.74) is 8.03. The molecule has 0 aliphatic heterocycles. The summed E-state index contributed by atoms with van der Waals surface area (Å²) in [4.78, 5) is 24.3. The second-order valence-corrected chi connectivity index (χ2v) is 6.63. The van der Waals surface area contributed by atoms with Crippen LogP contribution in [0.15, 0.2) is 60.7 Å². The highest BCUT2D eigenvalue weighted by Gasteiger charge is 2.17. The number of rotatable bonds is 4. The Hall–Kier alpha value is -3.85. The van der Waals surface area contributed by atoms with E-state index in [0.29, 0.717) is 16.8 Å². The molecule has 0 saturated heterocycles. The molecule has 9 heteroatoms. The van der Waals surface area contributed by atoms with Crippen molar-refractivity contribution in [3.8, 4) is 11.3 Å². The van der Waals surface area contributed by atoms with Crippen LogP contribution in [0, 0.1) is 12.7 Å². The highest BCUT2D eigenvalue weighted by atomic mass is 32.1. The van der Waals surface area contributed by atoms with Gasteiger partial charge in [0.05, 0.1) is 5.69 Å². The summed E-state index contributed by atoms with van der Waals surface area (Å²) >= 11 is 4.99. The van der Waals surface area contributed by atoms with Crippen LogP contribution in [0.5, 0.6) is 0 Å². The molecule has 0 atom stereocenters. The Morgan fingerprint density at radius 2 is 1.77 bits per heavy atom. The van der Waals surface area contributed by atoms with Crippen LogP contribution >= 0.6 is 12.2 Å². The number of hydrogen-bond acceptors (Lipinski definition) is 4. The van der Waals surface area contributed by atoms with E-state index in [0.717, 1.165) is 5.56 Å². The summed E-state index contributed by atoms with van der Waals surface area (Å²) in [5, 5.41) is 9.21. The molecule has 2 aromatic carbocycles. The van der Waals surface area contributed by atoms with Crippen LogP contribution in [0.25, 0.3) is 17.3 Å². The Morgan fingerprint density at radius 3 is 2.47 bits per heavy atom. The van der Waals surface area contributed by atoms with Gasteiger partial charge in [-0.05, 0) is 42.9 Å². The summed E-state index contributed by atoms with van der Waals surface area (Å²) in [5.74, 6) is -1.35. The number of aromatic nitrogens is 2. The van der Waals surface area contributed by atoms with Crippen molar-refractivity contribution in [3.05, 3.63) is 83.3 Å². The predicted molar refractivity (Wildman–Crippen MR) is 116 cm³/mol. The van der Waals surface area contributed by atoms with Gasteiger partial charge >= 0.3 is 0 Å². The van der Waals surface area contributed by atoms with Gasteiger partial charge in [-0.15, -0.1) is 0 Å². The number of halogens is 1. The first-order chi connectivity index (χ1) is 14.4. The molecule has 7 nitrogen and oxygen atoms in total. The molecular weight excluding hydrogens is 405 g/mol. The molecule has 0 aliphatic carbocycles. The second-order valence-electron chi connectivity index (χ2n) is 6.22. The van der Waals surface area contributed by atoms with Gasteiger partial charge in [-0.3, -0.25) is 30.9 Å². The van der Waals surface area contributed by atoms with E-state index in [-0.39, 0.29) is 16.6 Å². The van der Waals surface area contributed by atoms with Gasteiger partial charge in [-0.2, -0.15) is 5.10 Å². The van der Waals surface area contributed by atoms with E-state index in [9.17, 15) is 14.0 Å². The van der Waals surface area contributed by atoms with Gasteiger partial charge in [-0.1, -0.05) is 42.5 Å². The number of aromatic amines is 1. The average Bonchev–Trinajstić information content (AvgIpc) is 3.13. The third kappa shape index (κ3) is 5.36. The fraction of sp³-hybridized carbons (Fsp3) is 0.0476.